The molecule has 10 heteroatoms. The topological polar surface area (TPSA) is 76.7 Å². The Balaban J connectivity index is 1.61. The molecule has 0 saturated heterocycles. The van der Waals surface area contributed by atoms with Gasteiger partial charge in [0.2, 0.25) is 5.91 Å². The molecule has 2 N–H and O–H groups in total. The molecule has 2 amide bonds. The van der Waals surface area contributed by atoms with E-state index in [-0.39, 0.29) is 25.5 Å². The van der Waals surface area contributed by atoms with Gasteiger partial charge in [-0.25, -0.2) is 0 Å². The van der Waals surface area contributed by atoms with Crippen LogP contribution in [0.15, 0.2) is 40.9 Å². The lowest BCUT2D eigenvalue weighted by Crippen LogP contribution is -2.43. The van der Waals surface area contributed by atoms with E-state index in [1.807, 2.05) is 0 Å². The first-order valence-electron chi connectivity index (χ1n) is 8.08. The maximum atomic E-state index is 11.7. The van der Waals surface area contributed by atoms with Gasteiger partial charge in [-0.1, -0.05) is 34.8 Å². The summed E-state index contributed by atoms with van der Waals surface area (Å²) in [5, 5.41) is 1.45. The summed E-state index contributed by atoms with van der Waals surface area (Å²) in [6, 6.07) is 9.81. The zero-order valence-corrected chi connectivity index (χ0v) is 18.3. The molecule has 0 fully saturated rings. The van der Waals surface area contributed by atoms with Gasteiger partial charge in [-0.15, -0.1) is 0 Å². The van der Waals surface area contributed by atoms with E-state index in [2.05, 4.69) is 26.8 Å². The lowest BCUT2D eigenvalue weighted by atomic mass is 10.3. The molecule has 150 valence electrons. The highest BCUT2D eigenvalue weighted by Crippen LogP contribution is 2.28. The number of rotatable bonds is 8. The molecule has 0 aliphatic rings. The van der Waals surface area contributed by atoms with Gasteiger partial charge < -0.3 is 9.47 Å². The molecule has 0 aliphatic heterocycles. The van der Waals surface area contributed by atoms with Crippen LogP contribution in [0.25, 0.3) is 0 Å². The Morgan fingerprint density at radius 3 is 2.21 bits per heavy atom. The summed E-state index contributed by atoms with van der Waals surface area (Å²) in [6.07, 6.45) is 0.601. The number of benzene rings is 2. The summed E-state index contributed by atoms with van der Waals surface area (Å²) in [5.41, 5.74) is 4.59. The Hall–Kier alpha value is -1.67. The second-order valence-electron chi connectivity index (χ2n) is 5.49. The molecule has 0 saturated carbocycles. The maximum absolute atomic E-state index is 11.7. The number of ether oxygens (including phenoxy) is 2. The van der Waals surface area contributed by atoms with Gasteiger partial charge in [-0.05, 0) is 58.7 Å². The van der Waals surface area contributed by atoms with Crippen LogP contribution in [0, 0.1) is 0 Å². The van der Waals surface area contributed by atoms with E-state index in [1.54, 1.807) is 36.4 Å². The highest BCUT2D eigenvalue weighted by molar-refractivity contribution is 9.10. The number of nitrogens with one attached hydrogen (secondary N) is 2. The van der Waals surface area contributed by atoms with Gasteiger partial charge in [0.15, 0.2) is 6.61 Å². The number of hydrazine groups is 1. The molecular weight excluding hydrogens is 494 g/mol. The maximum Gasteiger partial charge on any atom is 0.276 e. The lowest BCUT2D eigenvalue weighted by molar-refractivity contribution is -0.130. The first-order chi connectivity index (χ1) is 13.3. The van der Waals surface area contributed by atoms with Gasteiger partial charge in [0.25, 0.3) is 5.91 Å². The predicted octanol–water partition coefficient (Wildman–Crippen LogP) is 4.79. The number of hydrogen-bond donors (Lipinski definition) is 2. The Morgan fingerprint density at radius 1 is 0.893 bits per heavy atom. The van der Waals surface area contributed by atoms with E-state index in [4.69, 9.17) is 44.3 Å². The number of amides is 2. The van der Waals surface area contributed by atoms with Crippen molar-refractivity contribution in [1.82, 2.24) is 10.9 Å². The molecule has 2 aromatic rings. The van der Waals surface area contributed by atoms with Gasteiger partial charge >= 0.3 is 0 Å². The predicted molar refractivity (Wildman–Crippen MR) is 112 cm³/mol. The van der Waals surface area contributed by atoms with Crippen LogP contribution in [0.1, 0.15) is 12.8 Å². The molecule has 6 nitrogen and oxygen atoms in total. The number of carbonyl (C=O) groups excluding carboxylic acids is 2. The van der Waals surface area contributed by atoms with Crippen molar-refractivity contribution in [1.29, 1.82) is 0 Å². The van der Waals surface area contributed by atoms with Gasteiger partial charge in [0.1, 0.15) is 11.5 Å². The van der Waals surface area contributed by atoms with Crippen molar-refractivity contribution in [2.24, 2.45) is 0 Å². The highest BCUT2D eigenvalue weighted by atomic mass is 79.9. The number of carbonyl (C=O) groups is 2. The van der Waals surface area contributed by atoms with Crippen LogP contribution >= 0.6 is 50.7 Å². The molecule has 0 radical (unpaired) electrons. The largest absolute Gasteiger partial charge is 0.492 e. The Kier molecular flexibility index (Phi) is 9.18. The highest BCUT2D eigenvalue weighted by Gasteiger charge is 2.08. The van der Waals surface area contributed by atoms with Crippen LogP contribution in [0.4, 0.5) is 0 Å². The van der Waals surface area contributed by atoms with Crippen molar-refractivity contribution in [3.05, 3.63) is 55.9 Å². The zero-order chi connectivity index (χ0) is 20.5. The molecule has 0 aromatic heterocycles. The smallest absolute Gasteiger partial charge is 0.276 e. The van der Waals surface area contributed by atoms with Gasteiger partial charge in [-0.2, -0.15) is 0 Å². The lowest BCUT2D eigenvalue weighted by Gasteiger charge is -2.10. The Bertz CT molecular complexity index is 852. The normalized spacial score (nSPS) is 10.3. The Morgan fingerprint density at radius 2 is 1.54 bits per heavy atom. The summed E-state index contributed by atoms with van der Waals surface area (Å²) in [7, 11) is 0. The average molecular weight is 511 g/mol. The fourth-order valence-electron chi connectivity index (χ4n) is 1.98. The van der Waals surface area contributed by atoms with Crippen molar-refractivity contribution in [2.45, 2.75) is 12.8 Å². The molecule has 28 heavy (non-hydrogen) atoms. The van der Waals surface area contributed by atoms with Crippen molar-refractivity contribution >= 4 is 62.5 Å². The van der Waals surface area contributed by atoms with E-state index in [0.29, 0.717) is 37.5 Å². The summed E-state index contributed by atoms with van der Waals surface area (Å²) < 4.78 is 11.4. The summed E-state index contributed by atoms with van der Waals surface area (Å²) in [5.74, 6) is 0.0976. The fourth-order valence-corrected chi connectivity index (χ4v) is 3.24. The van der Waals surface area contributed by atoms with E-state index in [1.165, 1.54) is 0 Å². The minimum atomic E-state index is -0.501. The van der Waals surface area contributed by atoms with Crippen molar-refractivity contribution in [3.63, 3.8) is 0 Å². The number of hydrogen-bond acceptors (Lipinski definition) is 4. The molecular formula is C18H16BrCl3N2O4. The van der Waals surface area contributed by atoms with Crippen molar-refractivity contribution in [3.8, 4) is 11.5 Å². The van der Waals surface area contributed by atoms with E-state index < -0.39 is 5.91 Å². The SMILES string of the molecule is O=C(CCCOc1ccc(Cl)cc1Cl)NNC(=O)COc1ccc(Cl)cc1Br. The summed E-state index contributed by atoms with van der Waals surface area (Å²) >= 11 is 20.9. The van der Waals surface area contributed by atoms with Crippen LogP contribution < -0.4 is 20.3 Å². The Labute approximate surface area is 185 Å². The van der Waals surface area contributed by atoms with Crippen LogP contribution in [-0.2, 0) is 9.59 Å². The van der Waals surface area contributed by atoms with Crippen LogP contribution in [0.3, 0.4) is 0 Å². The molecule has 0 bridgehead atoms. The molecule has 0 aliphatic carbocycles. The molecule has 0 spiro atoms. The average Bonchev–Trinajstić information content (AvgIpc) is 2.64. The van der Waals surface area contributed by atoms with Crippen molar-refractivity contribution < 1.29 is 19.1 Å². The molecule has 2 aromatic carbocycles. The molecule has 0 atom stereocenters. The second kappa shape index (κ2) is 11.4. The summed E-state index contributed by atoms with van der Waals surface area (Å²) in [6.45, 7) is 0.0229. The standard InChI is InChI=1S/C18H16BrCl3N2O4/c19-13-8-11(20)3-5-15(13)28-10-18(26)24-23-17(25)2-1-7-27-16-6-4-12(21)9-14(16)22/h3-6,8-9H,1-2,7,10H2,(H,23,25)(H,24,26). The van der Waals surface area contributed by atoms with Crippen molar-refractivity contribution in [2.75, 3.05) is 13.2 Å². The molecule has 2 rings (SSSR count). The van der Waals surface area contributed by atoms with E-state index >= 15 is 0 Å². The second-order valence-corrected chi connectivity index (χ2v) is 7.62. The van der Waals surface area contributed by atoms with Crippen LogP contribution in [0.5, 0.6) is 11.5 Å². The van der Waals surface area contributed by atoms with Gasteiger partial charge in [0, 0.05) is 16.5 Å². The molecule has 0 heterocycles. The quantitative estimate of drug-likeness (QED) is 0.395. The van der Waals surface area contributed by atoms with Gasteiger partial charge in [0.05, 0.1) is 16.1 Å². The minimum absolute atomic E-state index is 0.162. The van der Waals surface area contributed by atoms with Crippen LogP contribution in [-0.4, -0.2) is 25.0 Å². The van der Waals surface area contributed by atoms with Crippen LogP contribution in [0.2, 0.25) is 15.1 Å². The first kappa shape index (κ1) is 22.6. The van der Waals surface area contributed by atoms with Gasteiger partial charge in [-0.3, -0.25) is 20.4 Å². The third kappa shape index (κ3) is 7.75. The zero-order valence-electron chi connectivity index (χ0n) is 14.4. The third-order valence-electron chi connectivity index (χ3n) is 3.29. The minimum Gasteiger partial charge on any atom is -0.492 e. The monoisotopic (exact) mass is 508 g/mol. The third-order valence-corrected chi connectivity index (χ3v) is 4.68. The number of halogens is 4. The molecule has 0 unspecified atom stereocenters. The van der Waals surface area contributed by atoms with E-state index in [0.717, 1.165) is 0 Å². The first-order valence-corrected chi connectivity index (χ1v) is 10.0. The van der Waals surface area contributed by atoms with E-state index in [9.17, 15) is 9.59 Å². The summed E-state index contributed by atoms with van der Waals surface area (Å²) in [4.78, 5) is 23.5. The fraction of sp³-hybridized carbons (Fsp3) is 0.222.